The van der Waals surface area contributed by atoms with Crippen molar-refractivity contribution in [3.8, 4) is 5.69 Å². The Morgan fingerprint density at radius 1 is 1.21 bits per heavy atom. The zero-order chi connectivity index (χ0) is 20.2. The summed E-state index contributed by atoms with van der Waals surface area (Å²) >= 11 is 10.9. The standard InChI is InChI=1S/C19H18BrClN6OS/c20-13-6-7-16(22-11-13)23-17(28)12-29-19-25-24-18(26-8-1-2-9-26)27(19)15-5-3-4-14(21)10-15/h3-7,10-11H,1-2,8-9,12H2,(H,22,23,28). The SMILES string of the molecule is O=C(CSc1nnc(N2CCCC2)n1-c1cccc(Cl)c1)Nc1ccc(Br)cn1. The van der Waals surface area contributed by atoms with Gasteiger partial charge in [-0.25, -0.2) is 4.98 Å². The highest BCUT2D eigenvalue weighted by Gasteiger charge is 2.23. The fraction of sp³-hybridized carbons (Fsp3) is 0.263. The van der Waals surface area contributed by atoms with E-state index in [1.54, 1.807) is 12.3 Å². The third-order valence-electron chi connectivity index (χ3n) is 4.40. The molecule has 0 bridgehead atoms. The minimum absolute atomic E-state index is 0.159. The van der Waals surface area contributed by atoms with Crippen molar-refractivity contribution < 1.29 is 4.79 Å². The summed E-state index contributed by atoms with van der Waals surface area (Å²) < 4.78 is 2.82. The maximum atomic E-state index is 12.4. The topological polar surface area (TPSA) is 75.9 Å². The molecule has 3 aromatic rings. The Balaban J connectivity index is 1.53. The van der Waals surface area contributed by atoms with Gasteiger partial charge in [0.05, 0.1) is 11.4 Å². The first kappa shape index (κ1) is 20.2. The van der Waals surface area contributed by atoms with Crippen molar-refractivity contribution in [2.45, 2.75) is 18.0 Å². The number of carbonyl (C=O) groups excluding carboxylic acids is 1. The second kappa shape index (κ2) is 9.15. The summed E-state index contributed by atoms with van der Waals surface area (Å²) in [7, 11) is 0. The van der Waals surface area contributed by atoms with E-state index in [4.69, 9.17) is 11.6 Å². The molecule has 10 heteroatoms. The van der Waals surface area contributed by atoms with E-state index in [1.807, 2.05) is 34.9 Å². The summed E-state index contributed by atoms with van der Waals surface area (Å²) in [5, 5.41) is 12.8. The van der Waals surface area contributed by atoms with E-state index in [1.165, 1.54) is 11.8 Å². The zero-order valence-corrected chi connectivity index (χ0v) is 18.5. The van der Waals surface area contributed by atoms with Crippen LogP contribution in [0.4, 0.5) is 11.8 Å². The van der Waals surface area contributed by atoms with Crippen molar-refractivity contribution in [1.29, 1.82) is 0 Å². The second-order valence-electron chi connectivity index (χ2n) is 6.49. The molecule has 1 N–H and O–H groups in total. The monoisotopic (exact) mass is 492 g/mol. The van der Waals surface area contributed by atoms with Crippen LogP contribution in [0.15, 0.2) is 52.2 Å². The molecular weight excluding hydrogens is 476 g/mol. The van der Waals surface area contributed by atoms with Gasteiger partial charge >= 0.3 is 0 Å². The number of halogens is 2. The predicted molar refractivity (Wildman–Crippen MR) is 119 cm³/mol. The molecule has 0 saturated carbocycles. The Kier molecular flexibility index (Phi) is 6.37. The third-order valence-corrected chi connectivity index (χ3v) is 6.03. The van der Waals surface area contributed by atoms with Gasteiger partial charge in [0.2, 0.25) is 11.9 Å². The van der Waals surface area contributed by atoms with Crippen molar-refractivity contribution in [2.75, 3.05) is 29.1 Å². The van der Waals surface area contributed by atoms with Crippen molar-refractivity contribution in [1.82, 2.24) is 19.7 Å². The lowest BCUT2D eigenvalue weighted by atomic mass is 10.3. The van der Waals surface area contributed by atoms with Gasteiger partial charge in [0.15, 0.2) is 5.16 Å². The maximum absolute atomic E-state index is 12.4. The van der Waals surface area contributed by atoms with Gasteiger partial charge in [-0.1, -0.05) is 29.4 Å². The number of nitrogens with one attached hydrogen (secondary N) is 1. The minimum Gasteiger partial charge on any atom is -0.341 e. The molecule has 2 aromatic heterocycles. The molecule has 7 nitrogen and oxygen atoms in total. The lowest BCUT2D eigenvalue weighted by Gasteiger charge is -2.18. The van der Waals surface area contributed by atoms with E-state index in [0.717, 1.165) is 42.0 Å². The number of hydrogen-bond donors (Lipinski definition) is 1. The summed E-state index contributed by atoms with van der Waals surface area (Å²) in [6, 6.07) is 11.1. The van der Waals surface area contributed by atoms with Gasteiger partial charge in [-0.3, -0.25) is 9.36 Å². The number of anilines is 2. The second-order valence-corrected chi connectivity index (χ2v) is 8.79. The lowest BCUT2D eigenvalue weighted by Crippen LogP contribution is -2.22. The molecular formula is C19H18BrClN6OS. The molecule has 4 rings (SSSR count). The zero-order valence-electron chi connectivity index (χ0n) is 15.4. The fourth-order valence-electron chi connectivity index (χ4n) is 3.08. The average molecular weight is 494 g/mol. The minimum atomic E-state index is -0.159. The first-order chi connectivity index (χ1) is 14.1. The third kappa shape index (κ3) is 4.91. The van der Waals surface area contributed by atoms with Crippen LogP contribution in [0.1, 0.15) is 12.8 Å². The van der Waals surface area contributed by atoms with Crippen molar-refractivity contribution in [3.05, 3.63) is 52.1 Å². The number of carbonyl (C=O) groups is 1. The summed E-state index contributed by atoms with van der Waals surface area (Å²) in [6.45, 7) is 1.89. The highest BCUT2D eigenvalue weighted by molar-refractivity contribution is 9.10. The highest BCUT2D eigenvalue weighted by atomic mass is 79.9. The summed E-state index contributed by atoms with van der Waals surface area (Å²) in [6.07, 6.45) is 3.90. The van der Waals surface area contributed by atoms with Gasteiger partial charge in [-0.05, 0) is 59.1 Å². The van der Waals surface area contributed by atoms with Gasteiger partial charge in [-0.2, -0.15) is 0 Å². The number of nitrogens with zero attached hydrogens (tertiary/aromatic N) is 5. The molecule has 29 heavy (non-hydrogen) atoms. The van der Waals surface area contributed by atoms with E-state index in [-0.39, 0.29) is 11.7 Å². The Morgan fingerprint density at radius 3 is 2.76 bits per heavy atom. The van der Waals surface area contributed by atoms with E-state index < -0.39 is 0 Å². The molecule has 0 unspecified atom stereocenters. The van der Waals surface area contributed by atoms with E-state index in [9.17, 15) is 4.79 Å². The quantitative estimate of drug-likeness (QED) is 0.513. The molecule has 1 saturated heterocycles. The largest absolute Gasteiger partial charge is 0.341 e. The van der Waals surface area contributed by atoms with Crippen LogP contribution in [0, 0.1) is 0 Å². The Labute approximate surface area is 186 Å². The first-order valence-electron chi connectivity index (χ1n) is 9.11. The number of thioether (sulfide) groups is 1. The van der Waals surface area contributed by atoms with Crippen LogP contribution in [0.2, 0.25) is 5.02 Å². The molecule has 1 fully saturated rings. The van der Waals surface area contributed by atoms with Gasteiger partial charge in [0.1, 0.15) is 5.82 Å². The maximum Gasteiger partial charge on any atom is 0.236 e. The van der Waals surface area contributed by atoms with Gasteiger partial charge in [0.25, 0.3) is 0 Å². The lowest BCUT2D eigenvalue weighted by molar-refractivity contribution is -0.113. The molecule has 0 aliphatic carbocycles. The fourth-order valence-corrected chi connectivity index (χ4v) is 4.24. The molecule has 0 radical (unpaired) electrons. The number of aromatic nitrogens is 4. The number of hydrogen-bond acceptors (Lipinski definition) is 6. The molecule has 1 aliphatic rings. The summed E-state index contributed by atoms with van der Waals surface area (Å²) in [4.78, 5) is 18.7. The van der Waals surface area contributed by atoms with E-state index in [0.29, 0.717) is 16.0 Å². The Hall–Kier alpha value is -2.10. The van der Waals surface area contributed by atoms with Crippen LogP contribution < -0.4 is 10.2 Å². The van der Waals surface area contributed by atoms with Gasteiger partial charge in [0, 0.05) is 28.8 Å². The molecule has 1 aromatic carbocycles. The van der Waals surface area contributed by atoms with Gasteiger partial charge < -0.3 is 10.2 Å². The van der Waals surface area contributed by atoms with E-state index >= 15 is 0 Å². The number of benzene rings is 1. The van der Waals surface area contributed by atoms with Crippen molar-refractivity contribution in [2.24, 2.45) is 0 Å². The molecule has 1 amide bonds. The number of rotatable bonds is 6. The van der Waals surface area contributed by atoms with Crippen molar-refractivity contribution in [3.63, 3.8) is 0 Å². The van der Waals surface area contributed by atoms with Crippen LogP contribution in [0.25, 0.3) is 5.69 Å². The van der Waals surface area contributed by atoms with E-state index in [2.05, 4.69) is 41.3 Å². The molecule has 1 aliphatic heterocycles. The Morgan fingerprint density at radius 2 is 2.03 bits per heavy atom. The van der Waals surface area contributed by atoms with Crippen LogP contribution in [-0.2, 0) is 4.79 Å². The number of pyridine rings is 1. The Bertz CT molecular complexity index is 1010. The van der Waals surface area contributed by atoms with Crippen LogP contribution in [0.5, 0.6) is 0 Å². The molecule has 0 atom stereocenters. The smallest absolute Gasteiger partial charge is 0.236 e. The van der Waals surface area contributed by atoms with Crippen LogP contribution in [-0.4, -0.2) is 44.5 Å². The number of amides is 1. The average Bonchev–Trinajstić information content (AvgIpc) is 3.37. The summed E-state index contributed by atoms with van der Waals surface area (Å²) in [5.41, 5.74) is 0.877. The molecule has 0 spiro atoms. The highest BCUT2D eigenvalue weighted by Crippen LogP contribution is 2.29. The van der Waals surface area contributed by atoms with Crippen LogP contribution >= 0.6 is 39.3 Å². The molecule has 150 valence electrons. The normalized spacial score (nSPS) is 13.7. The summed E-state index contributed by atoms with van der Waals surface area (Å²) in [5.74, 6) is 1.32. The van der Waals surface area contributed by atoms with Crippen molar-refractivity contribution >= 4 is 57.0 Å². The predicted octanol–water partition coefficient (Wildman–Crippen LogP) is 4.41. The van der Waals surface area contributed by atoms with Crippen LogP contribution in [0.3, 0.4) is 0 Å². The first-order valence-corrected chi connectivity index (χ1v) is 11.3. The van der Waals surface area contributed by atoms with Gasteiger partial charge in [-0.15, -0.1) is 10.2 Å². The molecule has 3 heterocycles.